The number of Topliss-reactive ketones (excluding diaryl/α,β-unsaturated/α-hetero) is 1. The maximum Gasteiger partial charge on any atom is 0.252 e. The highest BCUT2D eigenvalue weighted by Gasteiger charge is 2.33. The monoisotopic (exact) mass is 299 g/mol. The number of ketones is 1. The van der Waals surface area contributed by atoms with Crippen LogP contribution < -0.4 is 4.74 Å². The maximum absolute atomic E-state index is 12.5. The number of ether oxygens (including phenoxy) is 1. The Balaban J connectivity index is 2.28. The minimum absolute atomic E-state index is 0.0852. The molecule has 0 fully saturated rings. The lowest BCUT2D eigenvalue weighted by molar-refractivity contribution is -0.138. The van der Waals surface area contributed by atoms with Gasteiger partial charge in [-0.05, 0) is 24.3 Å². The average molecular weight is 300 g/mol. The Morgan fingerprint density at radius 3 is 2.45 bits per heavy atom. The molecular weight excluding hydrogens is 284 g/mol. The smallest absolute Gasteiger partial charge is 0.252 e. The van der Waals surface area contributed by atoms with Crippen molar-refractivity contribution < 1.29 is 9.53 Å². The summed E-state index contributed by atoms with van der Waals surface area (Å²) < 4.78 is 7.16. The Morgan fingerprint density at radius 1 is 1.30 bits per heavy atom. The summed E-state index contributed by atoms with van der Waals surface area (Å²) in [7, 11) is 0. The lowest BCUT2D eigenvalue weighted by Crippen LogP contribution is -2.34. The lowest BCUT2D eigenvalue weighted by Gasteiger charge is -2.25. The van der Waals surface area contributed by atoms with Crippen molar-refractivity contribution in [3.63, 3.8) is 0 Å². The molecule has 2 aromatic rings. The predicted molar refractivity (Wildman–Crippen MR) is 75.6 cm³/mol. The number of carbonyl (C=O) groups is 1. The molecule has 1 aromatic carbocycles. The van der Waals surface area contributed by atoms with Crippen molar-refractivity contribution in [1.82, 2.24) is 14.8 Å². The topological polar surface area (TPSA) is 57.0 Å². The number of benzene rings is 1. The van der Waals surface area contributed by atoms with Gasteiger partial charge < -0.3 is 4.74 Å². The van der Waals surface area contributed by atoms with Crippen LogP contribution in [0.5, 0.6) is 5.75 Å². The molecule has 1 heterocycles. The molecule has 0 spiro atoms. The Kier molecular flexibility index (Phi) is 4.09. The van der Waals surface area contributed by atoms with Gasteiger partial charge in [-0.3, -0.25) is 4.79 Å². The summed E-state index contributed by atoms with van der Waals surface area (Å²) in [6.07, 6.45) is 1.98. The van der Waals surface area contributed by atoms with E-state index in [-0.39, 0.29) is 5.78 Å². The maximum atomic E-state index is 12.5. The van der Waals surface area contributed by atoms with E-state index in [0.29, 0.717) is 10.8 Å². The molecule has 6 heteroatoms. The summed E-state index contributed by atoms with van der Waals surface area (Å²) in [6, 6.07) is 6.83. The van der Waals surface area contributed by atoms with Gasteiger partial charge in [0.2, 0.25) is 5.78 Å². The molecule has 0 amide bonds. The van der Waals surface area contributed by atoms with Crippen molar-refractivity contribution in [2.75, 3.05) is 0 Å². The van der Waals surface area contributed by atoms with E-state index in [0.717, 1.165) is 0 Å². The molecule has 1 unspecified atom stereocenters. The highest BCUT2D eigenvalue weighted by molar-refractivity contribution is 6.30. The fourth-order valence-corrected chi connectivity index (χ4v) is 1.70. The second kappa shape index (κ2) is 5.63. The van der Waals surface area contributed by atoms with Crippen LogP contribution in [0.2, 0.25) is 5.02 Å². The van der Waals surface area contributed by atoms with Gasteiger partial charge in [0.1, 0.15) is 18.4 Å². The number of rotatable bonds is 4. The first kappa shape index (κ1) is 14.5. The fraction of sp³-hybridized carbons (Fsp3) is 0.357. The zero-order valence-corrected chi connectivity index (χ0v) is 12.3. The molecule has 1 atom stereocenters. The molecule has 0 aliphatic carbocycles. The van der Waals surface area contributed by atoms with Gasteiger partial charge in [-0.1, -0.05) is 32.4 Å². The van der Waals surface area contributed by atoms with Gasteiger partial charge in [-0.2, -0.15) is 5.10 Å². The standard InChI is InChI=1S/C14H16ClN3O2/c1-14(2,3)12(19)13(18-9-16-8-17-18)20-11-6-4-10(15)5-7-11/h4-9,13H,1-3H3/i4+1,5+1,6+1,7+1,10+1,11+1. The van der Waals surface area contributed by atoms with Crippen LogP contribution in [-0.2, 0) is 4.79 Å². The number of carbonyl (C=O) groups excluding carboxylic acids is 1. The van der Waals surface area contributed by atoms with Crippen molar-refractivity contribution in [3.8, 4) is 5.75 Å². The number of nitrogens with zero attached hydrogens (tertiary/aromatic N) is 3. The summed E-state index contributed by atoms with van der Waals surface area (Å²) >= 11 is 5.83. The van der Waals surface area contributed by atoms with Crippen LogP contribution >= 0.6 is 11.6 Å². The van der Waals surface area contributed by atoms with Crippen LogP contribution in [0.4, 0.5) is 0 Å². The lowest BCUT2D eigenvalue weighted by atomic mass is 9.90. The van der Waals surface area contributed by atoms with Crippen molar-refractivity contribution >= 4 is 17.4 Å². The van der Waals surface area contributed by atoms with Gasteiger partial charge in [0.05, 0.1) is 0 Å². The van der Waals surface area contributed by atoms with Crippen LogP contribution in [-0.4, -0.2) is 20.5 Å². The second-order valence-corrected chi connectivity index (χ2v) is 5.85. The molecular formula is C14H16ClN3O2. The Labute approximate surface area is 122 Å². The molecule has 106 valence electrons. The molecule has 0 bridgehead atoms. The number of hydrogen-bond donors (Lipinski definition) is 0. The molecule has 2 rings (SSSR count). The zero-order chi connectivity index (χ0) is 14.8. The van der Waals surface area contributed by atoms with E-state index >= 15 is 0 Å². The third-order valence-electron chi connectivity index (χ3n) is 2.70. The Morgan fingerprint density at radius 2 is 1.95 bits per heavy atom. The number of hydrogen-bond acceptors (Lipinski definition) is 4. The molecule has 0 aliphatic rings. The molecule has 1 aromatic heterocycles. The van der Waals surface area contributed by atoms with E-state index in [4.69, 9.17) is 16.3 Å². The van der Waals surface area contributed by atoms with E-state index in [1.807, 2.05) is 20.8 Å². The minimum atomic E-state index is -0.848. The highest BCUT2D eigenvalue weighted by atomic mass is 35.5. The van der Waals surface area contributed by atoms with E-state index in [9.17, 15) is 4.79 Å². The Hall–Kier alpha value is -1.88. The van der Waals surface area contributed by atoms with Crippen LogP contribution in [0.15, 0.2) is 36.9 Å². The normalized spacial score (nSPS) is 13.0. The molecule has 0 N–H and O–H groups in total. The third-order valence-corrected chi connectivity index (χ3v) is 2.95. The summed E-state index contributed by atoms with van der Waals surface area (Å²) in [5.74, 6) is 0.463. The first-order valence-electron chi connectivity index (χ1n) is 6.18. The largest absolute Gasteiger partial charge is 0.461 e. The molecule has 0 saturated heterocycles. The molecule has 0 radical (unpaired) electrons. The predicted octanol–water partition coefficient (Wildman–Crippen LogP) is 3.12. The van der Waals surface area contributed by atoms with Gasteiger partial charge in [0.25, 0.3) is 6.23 Å². The van der Waals surface area contributed by atoms with Gasteiger partial charge in [0.15, 0.2) is 0 Å². The van der Waals surface area contributed by atoms with Crippen molar-refractivity contribution in [1.29, 1.82) is 0 Å². The van der Waals surface area contributed by atoms with Crippen molar-refractivity contribution in [2.24, 2.45) is 5.41 Å². The van der Waals surface area contributed by atoms with E-state index in [2.05, 4.69) is 10.1 Å². The molecule has 0 aliphatic heterocycles. The van der Waals surface area contributed by atoms with Crippen LogP contribution in [0.1, 0.15) is 27.0 Å². The Bertz CT molecular complexity index is 573. The van der Waals surface area contributed by atoms with Gasteiger partial charge in [-0.15, -0.1) is 0 Å². The summed E-state index contributed by atoms with van der Waals surface area (Å²) in [5.41, 5.74) is -0.553. The third kappa shape index (κ3) is 3.36. The van der Waals surface area contributed by atoms with Crippen LogP contribution in [0, 0.1) is 5.41 Å². The van der Waals surface area contributed by atoms with E-state index in [1.165, 1.54) is 17.3 Å². The summed E-state index contributed by atoms with van der Waals surface area (Å²) in [5, 5.41) is 4.61. The van der Waals surface area contributed by atoms with Gasteiger partial charge in [0, 0.05) is 10.4 Å². The van der Waals surface area contributed by atoms with E-state index in [1.54, 1.807) is 24.3 Å². The van der Waals surface area contributed by atoms with Crippen LogP contribution in [0.3, 0.4) is 0 Å². The second-order valence-electron chi connectivity index (χ2n) is 5.41. The SMILES string of the molecule is CC(C)(C)C(=O)C(O[13c]1[13cH][13cH][13c](Cl)[13cH][13cH]1)n1cncn1. The molecule has 5 nitrogen and oxygen atoms in total. The summed E-state index contributed by atoms with van der Waals surface area (Å²) in [6.45, 7) is 5.51. The minimum Gasteiger partial charge on any atom is -0.461 e. The summed E-state index contributed by atoms with van der Waals surface area (Å²) in [4.78, 5) is 16.4. The number of aromatic nitrogens is 3. The molecule has 20 heavy (non-hydrogen) atoms. The first-order chi connectivity index (χ1) is 9.38. The molecule has 0 saturated carbocycles. The van der Waals surface area contributed by atoms with Crippen molar-refractivity contribution in [3.05, 3.63) is 41.9 Å². The number of halogens is 1. The van der Waals surface area contributed by atoms with Crippen molar-refractivity contribution in [2.45, 2.75) is 27.0 Å². The quantitative estimate of drug-likeness (QED) is 0.870. The van der Waals surface area contributed by atoms with Crippen LogP contribution in [0.25, 0.3) is 0 Å². The fourth-order valence-electron chi connectivity index (χ4n) is 1.58. The van der Waals surface area contributed by atoms with E-state index < -0.39 is 11.6 Å². The highest BCUT2D eigenvalue weighted by Crippen LogP contribution is 2.26. The van der Waals surface area contributed by atoms with Gasteiger partial charge >= 0.3 is 0 Å². The zero-order valence-electron chi connectivity index (χ0n) is 11.6. The first-order valence-corrected chi connectivity index (χ1v) is 6.56. The van der Waals surface area contributed by atoms with Gasteiger partial charge in [-0.25, -0.2) is 9.67 Å². The average Bonchev–Trinajstić information content (AvgIpc) is 2.90.